The predicted molar refractivity (Wildman–Crippen MR) is 85.7 cm³/mol. The molecule has 20 heavy (non-hydrogen) atoms. The van der Waals surface area contributed by atoms with Crippen LogP contribution in [0.5, 0.6) is 0 Å². The van der Waals surface area contributed by atoms with E-state index in [0.717, 1.165) is 22.6 Å². The molecule has 1 aromatic heterocycles. The number of rotatable bonds is 8. The van der Waals surface area contributed by atoms with Crippen LogP contribution in [0.15, 0.2) is 11.0 Å². The van der Waals surface area contributed by atoms with Gasteiger partial charge in [0.25, 0.3) is 0 Å². The largest absolute Gasteiger partial charge is 0.315 e. The Bertz CT molecular complexity index is 521. The Hall–Kier alpha value is -0.430. The maximum absolute atomic E-state index is 12.4. The molecule has 4 nitrogen and oxygen atoms in total. The van der Waals surface area contributed by atoms with Gasteiger partial charge in [0.05, 0.1) is 4.90 Å². The quantitative estimate of drug-likeness (QED) is 0.775. The topological polar surface area (TPSA) is 58.2 Å². The third-order valence-corrected chi connectivity index (χ3v) is 5.99. The maximum Gasteiger partial charge on any atom is 0.241 e. The molecular formula is C14H26N2O2S2. The molecule has 0 aliphatic rings. The minimum absolute atomic E-state index is 0.0329. The lowest BCUT2D eigenvalue weighted by Crippen LogP contribution is -2.32. The van der Waals surface area contributed by atoms with Crippen molar-refractivity contribution < 1.29 is 8.42 Å². The normalized spacial score (nSPS) is 13.9. The molecule has 1 unspecified atom stereocenters. The Morgan fingerprint density at radius 2 is 1.90 bits per heavy atom. The molecule has 6 heteroatoms. The number of thiophene rings is 1. The summed E-state index contributed by atoms with van der Waals surface area (Å²) in [5.41, 5.74) is 0. The second-order valence-corrected chi connectivity index (χ2v) is 8.68. The summed E-state index contributed by atoms with van der Waals surface area (Å²) in [6.07, 6.45) is 1.89. The fourth-order valence-electron chi connectivity index (χ4n) is 2.02. The predicted octanol–water partition coefficient (Wildman–Crippen LogP) is 2.88. The van der Waals surface area contributed by atoms with Gasteiger partial charge in [0.2, 0.25) is 10.0 Å². The Kier molecular flexibility index (Phi) is 6.64. The van der Waals surface area contributed by atoms with Gasteiger partial charge in [0.15, 0.2) is 0 Å². The standard InChI is InChI=1S/C14H26N2O2S2/c1-10(2)6-7-11(3)16-20(17,18)14-8-13(9-15-5)19-12(14)4/h8,10-11,15-16H,6-7,9H2,1-5H3. The van der Waals surface area contributed by atoms with Crippen molar-refractivity contribution in [3.8, 4) is 0 Å². The van der Waals surface area contributed by atoms with Crippen LogP contribution < -0.4 is 10.0 Å². The molecule has 1 heterocycles. The first-order valence-electron chi connectivity index (χ1n) is 7.02. The van der Waals surface area contributed by atoms with E-state index in [9.17, 15) is 8.42 Å². The van der Waals surface area contributed by atoms with E-state index >= 15 is 0 Å². The fraction of sp³-hybridized carbons (Fsp3) is 0.714. The summed E-state index contributed by atoms with van der Waals surface area (Å²) in [5.74, 6) is 0.590. The van der Waals surface area contributed by atoms with E-state index in [1.165, 1.54) is 11.3 Å². The third-order valence-electron chi connectivity index (χ3n) is 3.10. The van der Waals surface area contributed by atoms with Gasteiger partial charge in [0.1, 0.15) is 0 Å². The number of hydrogen-bond acceptors (Lipinski definition) is 4. The highest BCUT2D eigenvalue weighted by atomic mass is 32.2. The van der Waals surface area contributed by atoms with Gasteiger partial charge in [-0.25, -0.2) is 13.1 Å². The lowest BCUT2D eigenvalue weighted by molar-refractivity contribution is 0.485. The van der Waals surface area contributed by atoms with Gasteiger partial charge in [-0.2, -0.15) is 0 Å². The van der Waals surface area contributed by atoms with Crippen LogP contribution in [0.3, 0.4) is 0 Å². The lowest BCUT2D eigenvalue weighted by atomic mass is 10.1. The van der Waals surface area contributed by atoms with Gasteiger partial charge in [-0.3, -0.25) is 0 Å². The Morgan fingerprint density at radius 1 is 1.25 bits per heavy atom. The molecule has 0 saturated heterocycles. The van der Waals surface area contributed by atoms with Crippen molar-refractivity contribution in [3.63, 3.8) is 0 Å². The van der Waals surface area contributed by atoms with Crippen molar-refractivity contribution in [1.29, 1.82) is 0 Å². The van der Waals surface area contributed by atoms with E-state index in [4.69, 9.17) is 0 Å². The van der Waals surface area contributed by atoms with Crippen LogP contribution in [0.4, 0.5) is 0 Å². The van der Waals surface area contributed by atoms with Crippen LogP contribution in [0, 0.1) is 12.8 Å². The highest BCUT2D eigenvalue weighted by molar-refractivity contribution is 7.89. The first-order valence-corrected chi connectivity index (χ1v) is 9.32. The van der Waals surface area contributed by atoms with E-state index in [1.807, 2.05) is 20.9 Å². The molecule has 0 saturated carbocycles. The number of nitrogens with one attached hydrogen (secondary N) is 2. The summed E-state index contributed by atoms with van der Waals surface area (Å²) in [6, 6.07) is 1.74. The SMILES string of the molecule is CNCc1cc(S(=O)(=O)NC(C)CCC(C)C)c(C)s1. The van der Waals surface area contributed by atoms with Gasteiger partial charge in [-0.15, -0.1) is 11.3 Å². The molecule has 0 aliphatic carbocycles. The summed E-state index contributed by atoms with van der Waals surface area (Å²) in [5, 5.41) is 3.04. The van der Waals surface area contributed by atoms with Crippen molar-refractivity contribution in [3.05, 3.63) is 15.8 Å². The average molecular weight is 319 g/mol. The van der Waals surface area contributed by atoms with Crippen LogP contribution in [-0.4, -0.2) is 21.5 Å². The minimum atomic E-state index is -3.40. The molecule has 0 bridgehead atoms. The smallest absolute Gasteiger partial charge is 0.241 e. The zero-order chi connectivity index (χ0) is 15.3. The van der Waals surface area contributed by atoms with Crippen molar-refractivity contribution >= 4 is 21.4 Å². The van der Waals surface area contributed by atoms with Crippen LogP contribution in [0.2, 0.25) is 0 Å². The van der Waals surface area contributed by atoms with E-state index in [1.54, 1.807) is 6.07 Å². The molecular weight excluding hydrogens is 292 g/mol. The van der Waals surface area contributed by atoms with Crippen molar-refractivity contribution in [2.24, 2.45) is 5.92 Å². The second kappa shape index (κ2) is 7.54. The summed E-state index contributed by atoms with van der Waals surface area (Å²) in [6.45, 7) is 8.78. The van der Waals surface area contributed by atoms with Gasteiger partial charge in [-0.1, -0.05) is 13.8 Å². The minimum Gasteiger partial charge on any atom is -0.315 e. The van der Waals surface area contributed by atoms with Crippen LogP contribution >= 0.6 is 11.3 Å². The zero-order valence-corrected chi connectivity index (χ0v) is 14.6. The van der Waals surface area contributed by atoms with Crippen molar-refractivity contribution in [2.45, 2.75) is 58.0 Å². The summed E-state index contributed by atoms with van der Waals surface area (Å²) < 4.78 is 27.6. The molecule has 116 valence electrons. The molecule has 0 spiro atoms. The molecule has 1 rings (SSSR count). The molecule has 1 aromatic rings. The van der Waals surface area contributed by atoms with Gasteiger partial charge in [-0.05, 0) is 45.7 Å². The van der Waals surface area contributed by atoms with Gasteiger partial charge < -0.3 is 5.32 Å². The van der Waals surface area contributed by atoms with Crippen molar-refractivity contribution in [1.82, 2.24) is 10.0 Å². The second-order valence-electron chi connectivity index (χ2n) is 5.66. The van der Waals surface area contributed by atoms with Crippen LogP contribution in [0.1, 0.15) is 43.4 Å². The van der Waals surface area contributed by atoms with Gasteiger partial charge >= 0.3 is 0 Å². The number of sulfonamides is 1. The average Bonchev–Trinajstić information content (AvgIpc) is 2.68. The summed E-state index contributed by atoms with van der Waals surface area (Å²) >= 11 is 1.53. The summed E-state index contributed by atoms with van der Waals surface area (Å²) in [7, 11) is -1.55. The molecule has 0 aliphatic heterocycles. The highest BCUT2D eigenvalue weighted by Gasteiger charge is 2.21. The monoisotopic (exact) mass is 318 g/mol. The van der Waals surface area contributed by atoms with Gasteiger partial charge in [0, 0.05) is 22.3 Å². The highest BCUT2D eigenvalue weighted by Crippen LogP contribution is 2.26. The Balaban J connectivity index is 2.77. The van der Waals surface area contributed by atoms with Crippen LogP contribution in [-0.2, 0) is 16.6 Å². The van der Waals surface area contributed by atoms with E-state index in [0.29, 0.717) is 17.4 Å². The Morgan fingerprint density at radius 3 is 2.45 bits per heavy atom. The zero-order valence-electron chi connectivity index (χ0n) is 13.0. The fourth-order valence-corrected chi connectivity index (χ4v) is 4.95. The van der Waals surface area contributed by atoms with E-state index < -0.39 is 10.0 Å². The first-order chi connectivity index (χ1) is 9.26. The molecule has 1 atom stereocenters. The molecule has 0 amide bonds. The molecule has 0 aromatic carbocycles. The first kappa shape index (κ1) is 17.6. The maximum atomic E-state index is 12.4. The number of aryl methyl sites for hydroxylation is 1. The molecule has 0 fully saturated rings. The Labute approximate surface area is 127 Å². The summed E-state index contributed by atoms with van der Waals surface area (Å²) in [4.78, 5) is 2.31. The van der Waals surface area contributed by atoms with E-state index in [-0.39, 0.29) is 6.04 Å². The third kappa shape index (κ3) is 5.16. The lowest BCUT2D eigenvalue weighted by Gasteiger charge is -2.15. The van der Waals surface area contributed by atoms with Crippen molar-refractivity contribution in [2.75, 3.05) is 7.05 Å². The van der Waals surface area contributed by atoms with Crippen LogP contribution in [0.25, 0.3) is 0 Å². The van der Waals surface area contributed by atoms with E-state index in [2.05, 4.69) is 23.9 Å². The molecule has 2 N–H and O–H groups in total. The number of hydrogen-bond donors (Lipinski definition) is 2. The molecule has 0 radical (unpaired) electrons.